The van der Waals surface area contributed by atoms with Gasteiger partial charge in [0.15, 0.2) is 11.5 Å². The third-order valence-corrected chi connectivity index (χ3v) is 8.87. The number of carboxylic acid groups (broad SMARTS) is 1. The van der Waals surface area contributed by atoms with Crippen LogP contribution in [0.3, 0.4) is 0 Å². The quantitative estimate of drug-likeness (QED) is 0.207. The summed E-state index contributed by atoms with van der Waals surface area (Å²) < 4.78 is 50.2. The van der Waals surface area contributed by atoms with Crippen LogP contribution in [-0.2, 0) is 23.5 Å². The topological polar surface area (TPSA) is 82.8 Å². The molecule has 2 aliphatic rings. The van der Waals surface area contributed by atoms with Crippen LogP contribution in [-0.4, -0.2) is 33.3 Å². The number of thiophene rings is 1. The highest BCUT2D eigenvalue weighted by Crippen LogP contribution is 2.49. The first-order valence-electron chi connectivity index (χ1n) is 13.3. The van der Waals surface area contributed by atoms with Crippen LogP contribution in [0.2, 0.25) is 5.02 Å². The second-order valence-corrected chi connectivity index (χ2v) is 11.9. The third kappa shape index (κ3) is 4.59. The molecule has 0 bridgehead atoms. The van der Waals surface area contributed by atoms with Crippen LogP contribution in [0.4, 0.5) is 8.78 Å². The van der Waals surface area contributed by atoms with Gasteiger partial charge in [0.1, 0.15) is 27.2 Å². The Kier molecular flexibility index (Phi) is 6.45. The SMILES string of the molecule is C[C@]1(c2ccc(Cl)cc2F)Oc2cccc(-c3ccc(Cc4nc5sc(C(=O)O)cc5n4C[C@@H]4CCO4)c(F)c3)c2O1. The van der Waals surface area contributed by atoms with E-state index in [9.17, 15) is 14.3 Å². The maximum atomic E-state index is 15.6. The van der Waals surface area contributed by atoms with Crippen LogP contribution in [0.5, 0.6) is 11.5 Å². The smallest absolute Gasteiger partial charge is 0.346 e. The highest BCUT2D eigenvalue weighted by atomic mass is 35.5. The predicted octanol–water partition coefficient (Wildman–Crippen LogP) is 7.42. The minimum atomic E-state index is -1.43. The molecule has 2 atom stereocenters. The molecule has 1 saturated heterocycles. The molecule has 0 aliphatic carbocycles. The lowest BCUT2D eigenvalue weighted by molar-refractivity contribution is -0.0705. The van der Waals surface area contributed by atoms with E-state index < -0.39 is 23.4 Å². The zero-order valence-corrected chi connectivity index (χ0v) is 23.8. The average molecular weight is 609 g/mol. The standard InChI is InChI=1S/C31H23ClF2N2O5S/c1-31(21-8-7-18(32)13-23(21)34)40-25-4-2-3-20(28(25)41-31)16-5-6-17(22(33)11-16)12-27-35-29-24(14-26(42-29)30(37)38)36(27)15-19-9-10-39-19/h2-8,11,13-14,19H,9-10,12,15H2,1H3,(H,37,38)/t19-,31-/m0/s1. The second-order valence-electron chi connectivity index (χ2n) is 10.4. The van der Waals surface area contributed by atoms with Crippen molar-refractivity contribution in [1.29, 1.82) is 0 Å². The molecule has 214 valence electrons. The largest absolute Gasteiger partial charge is 0.477 e. The number of ether oxygens (including phenoxy) is 3. The van der Waals surface area contributed by atoms with Crippen LogP contribution >= 0.6 is 22.9 Å². The minimum Gasteiger partial charge on any atom is -0.477 e. The molecule has 0 radical (unpaired) electrons. The number of benzene rings is 3. The average Bonchev–Trinajstić information content (AvgIpc) is 3.58. The molecule has 7 nitrogen and oxygen atoms in total. The molecule has 5 aromatic rings. The van der Waals surface area contributed by atoms with Crippen molar-refractivity contribution in [3.63, 3.8) is 0 Å². The first-order chi connectivity index (χ1) is 20.2. The van der Waals surface area contributed by atoms with E-state index in [2.05, 4.69) is 4.98 Å². The molecule has 1 N–H and O–H groups in total. The predicted molar refractivity (Wildman–Crippen MR) is 154 cm³/mol. The number of carboxylic acids is 1. The van der Waals surface area contributed by atoms with Gasteiger partial charge in [-0.25, -0.2) is 18.6 Å². The number of fused-ring (bicyclic) bond motifs is 2. The number of carbonyl (C=O) groups is 1. The highest BCUT2D eigenvalue weighted by Gasteiger charge is 2.42. The molecule has 0 spiro atoms. The Morgan fingerprint density at radius 3 is 2.69 bits per heavy atom. The summed E-state index contributed by atoms with van der Waals surface area (Å²) in [6, 6.07) is 16.1. The molecular weight excluding hydrogens is 586 g/mol. The summed E-state index contributed by atoms with van der Waals surface area (Å²) in [7, 11) is 0. The van der Waals surface area contributed by atoms with Gasteiger partial charge in [0.25, 0.3) is 5.79 Å². The van der Waals surface area contributed by atoms with Crippen molar-refractivity contribution in [2.24, 2.45) is 0 Å². The van der Waals surface area contributed by atoms with Crippen molar-refractivity contribution in [2.75, 3.05) is 6.61 Å². The highest BCUT2D eigenvalue weighted by molar-refractivity contribution is 7.20. The summed E-state index contributed by atoms with van der Waals surface area (Å²) in [5.41, 5.74) is 2.49. The van der Waals surface area contributed by atoms with Crippen molar-refractivity contribution < 1.29 is 32.9 Å². The molecule has 0 amide bonds. The van der Waals surface area contributed by atoms with Crippen molar-refractivity contribution in [2.45, 2.75) is 38.2 Å². The lowest BCUT2D eigenvalue weighted by Gasteiger charge is -2.27. The fraction of sp³-hybridized carbons (Fsp3) is 0.226. The number of halogens is 3. The van der Waals surface area contributed by atoms with Gasteiger partial charge in [0, 0.05) is 30.5 Å². The molecule has 1 fully saturated rings. The van der Waals surface area contributed by atoms with E-state index in [4.69, 9.17) is 25.8 Å². The molecule has 2 aromatic heterocycles. The number of nitrogens with zero attached hydrogens (tertiary/aromatic N) is 2. The molecule has 0 unspecified atom stereocenters. The Morgan fingerprint density at radius 2 is 1.98 bits per heavy atom. The Hall–Kier alpha value is -3.99. The summed E-state index contributed by atoms with van der Waals surface area (Å²) in [6.45, 7) is 2.82. The summed E-state index contributed by atoms with van der Waals surface area (Å²) >= 11 is 7.02. The lowest BCUT2D eigenvalue weighted by atomic mass is 10.0. The lowest BCUT2D eigenvalue weighted by Crippen LogP contribution is -2.32. The van der Waals surface area contributed by atoms with Crippen LogP contribution < -0.4 is 9.47 Å². The summed E-state index contributed by atoms with van der Waals surface area (Å²) in [4.78, 5) is 17.0. The van der Waals surface area contributed by atoms with Crippen LogP contribution in [0.25, 0.3) is 21.5 Å². The molecule has 4 heterocycles. The van der Waals surface area contributed by atoms with Gasteiger partial charge in [-0.15, -0.1) is 11.3 Å². The number of hydrogen-bond donors (Lipinski definition) is 1. The number of rotatable bonds is 7. The van der Waals surface area contributed by atoms with Crippen molar-refractivity contribution in [1.82, 2.24) is 9.55 Å². The minimum absolute atomic E-state index is 0.0102. The zero-order valence-electron chi connectivity index (χ0n) is 22.2. The van der Waals surface area contributed by atoms with Gasteiger partial charge in [-0.2, -0.15) is 0 Å². The van der Waals surface area contributed by atoms with E-state index in [1.54, 1.807) is 49.4 Å². The molecule has 0 saturated carbocycles. The molecule has 3 aromatic carbocycles. The van der Waals surface area contributed by atoms with Gasteiger partial charge in [-0.1, -0.05) is 35.9 Å². The van der Waals surface area contributed by atoms with Gasteiger partial charge in [-0.05, 0) is 53.9 Å². The summed E-state index contributed by atoms with van der Waals surface area (Å²) in [5.74, 6) is -2.00. The monoisotopic (exact) mass is 608 g/mol. The number of para-hydroxylation sites is 1. The van der Waals surface area contributed by atoms with Gasteiger partial charge in [0.2, 0.25) is 0 Å². The van der Waals surface area contributed by atoms with Gasteiger partial charge >= 0.3 is 5.97 Å². The van der Waals surface area contributed by atoms with Gasteiger partial charge < -0.3 is 23.9 Å². The number of aromatic nitrogens is 2. The molecule has 2 aliphatic heterocycles. The van der Waals surface area contributed by atoms with Crippen molar-refractivity contribution >= 4 is 39.3 Å². The maximum absolute atomic E-state index is 15.6. The fourth-order valence-electron chi connectivity index (χ4n) is 5.39. The van der Waals surface area contributed by atoms with E-state index >= 15 is 4.39 Å². The van der Waals surface area contributed by atoms with E-state index in [0.29, 0.717) is 57.5 Å². The van der Waals surface area contributed by atoms with E-state index in [-0.39, 0.29) is 28.0 Å². The Balaban J connectivity index is 1.19. The fourth-order valence-corrected chi connectivity index (χ4v) is 6.44. The number of imidazole rings is 1. The van der Waals surface area contributed by atoms with Crippen LogP contribution in [0.15, 0.2) is 60.7 Å². The Bertz CT molecular complexity index is 1880. The van der Waals surface area contributed by atoms with E-state index in [0.717, 1.165) is 17.8 Å². The third-order valence-electron chi connectivity index (χ3n) is 7.63. The number of hydrogen-bond acceptors (Lipinski definition) is 6. The van der Waals surface area contributed by atoms with Gasteiger partial charge in [-0.3, -0.25) is 0 Å². The Labute approximate surface area is 247 Å². The summed E-state index contributed by atoms with van der Waals surface area (Å²) in [5, 5.41) is 9.68. The van der Waals surface area contributed by atoms with E-state index in [1.807, 2.05) is 4.57 Å². The zero-order chi connectivity index (χ0) is 29.2. The molecular formula is C31H23ClF2N2O5S. The molecule has 7 rings (SSSR count). The van der Waals surface area contributed by atoms with Crippen molar-refractivity contribution in [3.05, 3.63) is 99.1 Å². The Morgan fingerprint density at radius 1 is 1.14 bits per heavy atom. The van der Waals surface area contributed by atoms with Crippen LogP contribution in [0, 0.1) is 11.6 Å². The first kappa shape index (κ1) is 26.9. The first-order valence-corrected chi connectivity index (χ1v) is 14.5. The van der Waals surface area contributed by atoms with Gasteiger partial charge in [0.05, 0.1) is 23.7 Å². The second kappa shape index (κ2) is 10.1. The van der Waals surface area contributed by atoms with E-state index in [1.165, 1.54) is 18.2 Å². The van der Waals surface area contributed by atoms with Crippen LogP contribution in [0.1, 0.15) is 40.0 Å². The normalized spacial score (nSPS) is 19.3. The molecule has 11 heteroatoms. The summed E-state index contributed by atoms with van der Waals surface area (Å²) in [6.07, 6.45) is 1.12. The maximum Gasteiger partial charge on any atom is 0.346 e. The number of aromatic carboxylic acids is 1. The van der Waals surface area contributed by atoms with Crippen molar-refractivity contribution in [3.8, 4) is 22.6 Å². The molecule has 42 heavy (non-hydrogen) atoms.